The molecule has 8 heteroatoms. The Balaban J connectivity index is 1.65. The van der Waals surface area contributed by atoms with Gasteiger partial charge in [0.05, 0.1) is 27.8 Å². The number of aromatic carboxylic acids is 1. The van der Waals surface area contributed by atoms with Crippen molar-refractivity contribution in [3.63, 3.8) is 0 Å². The van der Waals surface area contributed by atoms with E-state index in [1.54, 1.807) is 9.25 Å². The number of aryl methyl sites for hydroxylation is 3. The highest BCUT2D eigenvalue weighted by atomic mass is 35.5. The minimum Gasteiger partial charge on any atom is -0.478 e. The first-order chi connectivity index (χ1) is 15.7. The lowest BCUT2D eigenvalue weighted by Gasteiger charge is -2.08. The van der Waals surface area contributed by atoms with Gasteiger partial charge in [-0.25, -0.2) is 14.5 Å². The SMILES string of the molecule is Cc1ccc(C)c(-n2nc(C)c(/C=C3/CCn4c3nc3cc(C(=O)O)ccc3c4=O)c2Cl)c1. The van der Waals surface area contributed by atoms with Crippen LogP contribution in [0.1, 0.15) is 45.0 Å². The number of hydrogen-bond donors (Lipinski definition) is 1. The van der Waals surface area contributed by atoms with Gasteiger partial charge >= 0.3 is 5.97 Å². The van der Waals surface area contributed by atoms with E-state index in [4.69, 9.17) is 11.6 Å². The van der Waals surface area contributed by atoms with E-state index in [9.17, 15) is 14.7 Å². The van der Waals surface area contributed by atoms with E-state index >= 15 is 0 Å². The zero-order valence-corrected chi connectivity index (χ0v) is 19.1. The molecule has 7 nitrogen and oxygen atoms in total. The number of carboxylic acids is 1. The number of aromatic nitrogens is 4. The molecule has 1 aliphatic heterocycles. The summed E-state index contributed by atoms with van der Waals surface area (Å²) in [5.41, 5.74) is 5.78. The molecule has 4 aromatic rings. The average molecular weight is 461 g/mol. The molecule has 0 unspecified atom stereocenters. The van der Waals surface area contributed by atoms with Gasteiger partial charge in [-0.3, -0.25) is 9.36 Å². The summed E-state index contributed by atoms with van der Waals surface area (Å²) in [5, 5.41) is 14.9. The van der Waals surface area contributed by atoms with Gasteiger partial charge in [0.1, 0.15) is 11.0 Å². The number of carbonyl (C=O) groups is 1. The van der Waals surface area contributed by atoms with E-state index in [-0.39, 0.29) is 11.1 Å². The predicted molar refractivity (Wildman–Crippen MR) is 128 cm³/mol. The van der Waals surface area contributed by atoms with Crippen molar-refractivity contribution in [1.82, 2.24) is 19.3 Å². The number of carboxylic acid groups (broad SMARTS) is 1. The highest BCUT2D eigenvalue weighted by Crippen LogP contribution is 2.32. The third kappa shape index (κ3) is 3.45. The normalized spacial score (nSPS) is 14.2. The maximum Gasteiger partial charge on any atom is 0.335 e. The molecule has 2 aromatic heterocycles. The molecule has 0 atom stereocenters. The summed E-state index contributed by atoms with van der Waals surface area (Å²) in [6, 6.07) is 10.5. The zero-order chi connectivity index (χ0) is 23.4. The van der Waals surface area contributed by atoms with E-state index < -0.39 is 5.97 Å². The summed E-state index contributed by atoms with van der Waals surface area (Å²) in [7, 11) is 0. The molecule has 0 amide bonds. The first kappa shape index (κ1) is 21.2. The van der Waals surface area contributed by atoms with Gasteiger partial charge in [-0.05, 0) is 74.2 Å². The standard InChI is InChI=1S/C25H21ClN4O3/c1-13-4-5-14(2)21(10-13)30-22(26)19(15(3)28-30)11-16-8-9-29-23(16)27-20-12-17(25(32)33)6-7-18(20)24(29)31/h4-7,10-12H,8-9H2,1-3H3,(H,32,33)/b16-11-. The summed E-state index contributed by atoms with van der Waals surface area (Å²) in [5.74, 6) is -0.527. The van der Waals surface area contributed by atoms with Crippen LogP contribution >= 0.6 is 11.6 Å². The fourth-order valence-electron chi connectivity index (χ4n) is 4.24. The van der Waals surface area contributed by atoms with Crippen molar-refractivity contribution in [3.8, 4) is 5.69 Å². The Morgan fingerprint density at radius 2 is 1.94 bits per heavy atom. The van der Waals surface area contributed by atoms with Gasteiger partial charge < -0.3 is 5.11 Å². The second-order valence-corrected chi connectivity index (χ2v) is 8.70. The van der Waals surface area contributed by atoms with Gasteiger partial charge in [-0.1, -0.05) is 23.7 Å². The van der Waals surface area contributed by atoms with E-state index in [0.717, 1.165) is 33.6 Å². The lowest BCUT2D eigenvalue weighted by molar-refractivity contribution is 0.0697. The molecule has 2 aromatic carbocycles. The molecule has 1 N–H and O–H groups in total. The Bertz CT molecular complexity index is 1560. The van der Waals surface area contributed by atoms with Crippen molar-refractivity contribution < 1.29 is 9.90 Å². The molecular formula is C25H21ClN4O3. The monoisotopic (exact) mass is 460 g/mol. The van der Waals surface area contributed by atoms with Crippen LogP contribution in [0.5, 0.6) is 0 Å². The Morgan fingerprint density at radius 1 is 1.15 bits per heavy atom. The van der Waals surface area contributed by atoms with Crippen molar-refractivity contribution in [2.75, 3.05) is 0 Å². The molecule has 0 fully saturated rings. The number of fused-ring (bicyclic) bond motifs is 2. The Labute approximate surface area is 194 Å². The van der Waals surface area contributed by atoms with Crippen molar-refractivity contribution in [2.45, 2.75) is 33.7 Å². The van der Waals surface area contributed by atoms with Crippen LogP contribution in [0.2, 0.25) is 5.15 Å². The first-order valence-corrected chi connectivity index (χ1v) is 10.9. The molecule has 3 heterocycles. The number of halogens is 1. The number of allylic oxidation sites excluding steroid dienone is 1. The van der Waals surface area contributed by atoms with E-state index in [0.29, 0.717) is 34.8 Å². The highest BCUT2D eigenvalue weighted by molar-refractivity contribution is 6.31. The lowest BCUT2D eigenvalue weighted by Crippen LogP contribution is -2.21. The van der Waals surface area contributed by atoms with E-state index in [1.165, 1.54) is 18.2 Å². The number of benzene rings is 2. The van der Waals surface area contributed by atoms with Crippen LogP contribution in [0.4, 0.5) is 0 Å². The number of rotatable bonds is 3. The van der Waals surface area contributed by atoms with Crippen LogP contribution in [-0.2, 0) is 6.54 Å². The van der Waals surface area contributed by atoms with E-state index in [2.05, 4.69) is 10.1 Å². The molecule has 166 valence electrons. The second kappa shape index (κ2) is 7.71. The van der Waals surface area contributed by atoms with Crippen LogP contribution in [0.15, 0.2) is 41.2 Å². The van der Waals surface area contributed by atoms with Gasteiger partial charge in [0.15, 0.2) is 0 Å². The van der Waals surface area contributed by atoms with Crippen molar-refractivity contribution in [3.05, 3.63) is 85.7 Å². The Kier molecular flexibility index (Phi) is 4.94. The van der Waals surface area contributed by atoms with Crippen LogP contribution in [0.3, 0.4) is 0 Å². The summed E-state index contributed by atoms with van der Waals surface area (Å²) >= 11 is 6.78. The van der Waals surface area contributed by atoms with Crippen LogP contribution in [-0.4, -0.2) is 30.4 Å². The third-order valence-corrected chi connectivity index (χ3v) is 6.42. The molecule has 33 heavy (non-hydrogen) atoms. The maximum atomic E-state index is 13.0. The second-order valence-electron chi connectivity index (χ2n) is 8.34. The molecule has 1 aliphatic rings. The zero-order valence-electron chi connectivity index (χ0n) is 18.4. The summed E-state index contributed by atoms with van der Waals surface area (Å²) < 4.78 is 3.37. The Morgan fingerprint density at radius 3 is 2.70 bits per heavy atom. The van der Waals surface area contributed by atoms with Gasteiger partial charge in [0.25, 0.3) is 5.56 Å². The van der Waals surface area contributed by atoms with Crippen molar-refractivity contribution in [2.24, 2.45) is 0 Å². The predicted octanol–water partition coefficient (Wildman–Crippen LogP) is 4.80. The largest absolute Gasteiger partial charge is 0.478 e. The van der Waals surface area contributed by atoms with Crippen LogP contribution in [0, 0.1) is 20.8 Å². The summed E-state index contributed by atoms with van der Waals surface area (Å²) in [6.07, 6.45) is 2.55. The van der Waals surface area contributed by atoms with Crippen LogP contribution in [0.25, 0.3) is 28.2 Å². The summed E-state index contributed by atoms with van der Waals surface area (Å²) in [6.45, 7) is 6.44. The molecule has 5 rings (SSSR count). The fourth-order valence-corrected chi connectivity index (χ4v) is 4.56. The van der Waals surface area contributed by atoms with Crippen molar-refractivity contribution in [1.29, 1.82) is 0 Å². The minimum atomic E-state index is -1.06. The molecule has 0 saturated carbocycles. The number of hydrogen-bond acceptors (Lipinski definition) is 4. The van der Waals surface area contributed by atoms with Gasteiger partial charge in [0, 0.05) is 12.1 Å². The minimum absolute atomic E-state index is 0.0940. The molecule has 0 bridgehead atoms. The topological polar surface area (TPSA) is 90.0 Å². The third-order valence-electron chi connectivity index (χ3n) is 6.05. The molecule has 0 radical (unpaired) electrons. The first-order valence-electron chi connectivity index (χ1n) is 10.6. The smallest absolute Gasteiger partial charge is 0.335 e. The molecular weight excluding hydrogens is 440 g/mol. The highest BCUT2D eigenvalue weighted by Gasteiger charge is 2.23. The molecule has 0 saturated heterocycles. The van der Waals surface area contributed by atoms with Gasteiger partial charge in [-0.2, -0.15) is 5.10 Å². The van der Waals surface area contributed by atoms with Crippen LogP contribution < -0.4 is 5.56 Å². The fraction of sp³-hybridized carbons (Fsp3) is 0.200. The average Bonchev–Trinajstić information content (AvgIpc) is 3.31. The van der Waals surface area contributed by atoms with E-state index in [1.807, 2.05) is 45.0 Å². The van der Waals surface area contributed by atoms with Gasteiger partial charge in [0.2, 0.25) is 0 Å². The quantitative estimate of drug-likeness (QED) is 0.474. The maximum absolute atomic E-state index is 13.0. The molecule has 0 aliphatic carbocycles. The Hall–Kier alpha value is -3.71. The molecule has 0 spiro atoms. The van der Waals surface area contributed by atoms with Gasteiger partial charge in [-0.15, -0.1) is 0 Å². The lowest BCUT2D eigenvalue weighted by atomic mass is 10.1. The van der Waals surface area contributed by atoms with Crippen molar-refractivity contribution >= 4 is 40.1 Å². The summed E-state index contributed by atoms with van der Waals surface area (Å²) in [4.78, 5) is 29.0. The number of nitrogens with zero attached hydrogens (tertiary/aromatic N) is 4.